The van der Waals surface area contributed by atoms with E-state index in [4.69, 9.17) is 4.74 Å². The zero-order chi connectivity index (χ0) is 17.3. The van der Waals surface area contributed by atoms with E-state index in [0.29, 0.717) is 6.54 Å². The topological polar surface area (TPSA) is 58.5 Å². The molecule has 0 fully saturated rings. The molecule has 0 saturated heterocycles. The Kier molecular flexibility index (Phi) is 8.55. The molecule has 0 saturated carbocycles. The van der Waals surface area contributed by atoms with Crippen LogP contribution >= 0.6 is 11.3 Å². The van der Waals surface area contributed by atoms with Gasteiger partial charge in [0.15, 0.2) is 5.96 Å². The summed E-state index contributed by atoms with van der Waals surface area (Å²) in [5, 5.41) is 10.0. The van der Waals surface area contributed by atoms with Crippen molar-refractivity contribution >= 4 is 17.3 Å². The summed E-state index contributed by atoms with van der Waals surface area (Å²) in [5.41, 5.74) is 1.23. The predicted octanol–water partition coefficient (Wildman–Crippen LogP) is 2.86. The van der Waals surface area contributed by atoms with Crippen LogP contribution in [0, 0.1) is 5.41 Å². The van der Waals surface area contributed by atoms with Crippen molar-refractivity contribution in [2.24, 2.45) is 10.4 Å². The summed E-state index contributed by atoms with van der Waals surface area (Å²) >= 11 is 1.74. The molecule has 0 amide bonds. The minimum absolute atomic E-state index is 0.0761. The van der Waals surface area contributed by atoms with Gasteiger partial charge in [-0.25, -0.2) is 4.98 Å². The van der Waals surface area contributed by atoms with Crippen LogP contribution in [0.4, 0.5) is 0 Å². The van der Waals surface area contributed by atoms with Gasteiger partial charge in [-0.15, -0.1) is 11.3 Å². The van der Waals surface area contributed by atoms with Crippen LogP contribution in [0.1, 0.15) is 45.3 Å². The van der Waals surface area contributed by atoms with E-state index in [2.05, 4.69) is 60.6 Å². The summed E-state index contributed by atoms with van der Waals surface area (Å²) in [6.45, 7) is 13.0. The molecule has 1 unspecified atom stereocenters. The Labute approximate surface area is 145 Å². The highest BCUT2D eigenvalue weighted by atomic mass is 32.1. The second-order valence-corrected chi connectivity index (χ2v) is 7.52. The first-order valence-corrected chi connectivity index (χ1v) is 9.26. The second-order valence-electron chi connectivity index (χ2n) is 6.57. The molecule has 1 aromatic rings. The Hall–Kier alpha value is -1.14. The largest absolute Gasteiger partial charge is 0.379 e. The van der Waals surface area contributed by atoms with Gasteiger partial charge in [-0.1, -0.05) is 27.7 Å². The molecule has 23 heavy (non-hydrogen) atoms. The lowest BCUT2D eigenvalue weighted by Crippen LogP contribution is -2.40. The van der Waals surface area contributed by atoms with Gasteiger partial charge in [-0.3, -0.25) is 4.99 Å². The summed E-state index contributed by atoms with van der Waals surface area (Å²) < 4.78 is 5.56. The Morgan fingerprint density at radius 2 is 2.09 bits per heavy atom. The number of aryl methyl sites for hydroxylation is 1. The quantitative estimate of drug-likeness (QED) is 0.564. The lowest BCUT2D eigenvalue weighted by molar-refractivity contribution is 0.0241. The van der Waals surface area contributed by atoms with E-state index >= 15 is 0 Å². The molecule has 0 spiro atoms. The van der Waals surface area contributed by atoms with Crippen LogP contribution in [-0.4, -0.2) is 43.8 Å². The zero-order valence-corrected chi connectivity index (χ0v) is 16.2. The van der Waals surface area contributed by atoms with Crippen LogP contribution in [0.3, 0.4) is 0 Å². The van der Waals surface area contributed by atoms with Crippen molar-refractivity contribution in [3.05, 3.63) is 16.1 Å². The first kappa shape index (κ1) is 19.9. The van der Waals surface area contributed by atoms with Crippen molar-refractivity contribution in [3.63, 3.8) is 0 Å². The molecule has 0 aliphatic rings. The summed E-state index contributed by atoms with van der Waals surface area (Å²) in [5.74, 6) is 0.838. The third-order valence-corrected chi connectivity index (χ3v) is 4.63. The number of nitrogens with one attached hydrogen (secondary N) is 2. The monoisotopic (exact) mass is 340 g/mol. The van der Waals surface area contributed by atoms with Crippen LogP contribution in [0.5, 0.6) is 0 Å². The standard InChI is InChI=1S/C17H32N4OS/c1-7-15-21-13(12-23-15)9-10-19-16(18-8-2)20-11-14(22-6)17(3,4)5/h12,14H,7-11H2,1-6H3,(H2,18,19,20). The number of hydrogen-bond acceptors (Lipinski definition) is 4. The maximum absolute atomic E-state index is 5.56. The lowest BCUT2D eigenvalue weighted by atomic mass is 9.89. The zero-order valence-electron chi connectivity index (χ0n) is 15.4. The summed E-state index contributed by atoms with van der Waals surface area (Å²) in [6, 6.07) is 0. The number of aliphatic imine (C=N–C) groups is 1. The smallest absolute Gasteiger partial charge is 0.191 e. The molecule has 0 bridgehead atoms. The fraction of sp³-hybridized carbons (Fsp3) is 0.765. The number of methoxy groups -OCH3 is 1. The minimum Gasteiger partial charge on any atom is -0.379 e. The van der Waals surface area contributed by atoms with E-state index in [1.54, 1.807) is 18.4 Å². The van der Waals surface area contributed by atoms with Crippen molar-refractivity contribution < 1.29 is 4.74 Å². The number of ether oxygens (including phenoxy) is 1. The highest BCUT2D eigenvalue weighted by Gasteiger charge is 2.24. The number of hydrogen-bond donors (Lipinski definition) is 2. The highest BCUT2D eigenvalue weighted by Crippen LogP contribution is 2.21. The molecular formula is C17H32N4OS. The molecule has 1 heterocycles. The molecule has 1 rings (SSSR count). The van der Waals surface area contributed by atoms with Gasteiger partial charge in [0, 0.05) is 32.0 Å². The summed E-state index contributed by atoms with van der Waals surface area (Å²) in [6.07, 6.45) is 2.02. The number of nitrogens with zero attached hydrogens (tertiary/aromatic N) is 2. The molecule has 0 aromatic carbocycles. The molecule has 1 aromatic heterocycles. The van der Waals surface area contributed by atoms with Gasteiger partial charge in [-0.05, 0) is 18.8 Å². The lowest BCUT2D eigenvalue weighted by Gasteiger charge is -2.28. The first-order chi connectivity index (χ1) is 10.9. The van der Waals surface area contributed by atoms with Gasteiger partial charge in [0.2, 0.25) is 0 Å². The average molecular weight is 341 g/mol. The SMILES string of the molecule is CCNC(=NCC(OC)C(C)(C)C)NCCc1csc(CC)n1. The number of rotatable bonds is 8. The van der Waals surface area contributed by atoms with Gasteiger partial charge in [0.25, 0.3) is 0 Å². The Bertz CT molecular complexity index is 479. The Balaban J connectivity index is 2.51. The number of thiazole rings is 1. The van der Waals surface area contributed by atoms with Gasteiger partial charge >= 0.3 is 0 Å². The van der Waals surface area contributed by atoms with E-state index < -0.39 is 0 Å². The Morgan fingerprint density at radius 1 is 1.35 bits per heavy atom. The molecule has 6 heteroatoms. The normalized spacial score (nSPS) is 13.9. The van der Waals surface area contributed by atoms with Crippen molar-refractivity contribution in [2.75, 3.05) is 26.7 Å². The van der Waals surface area contributed by atoms with Gasteiger partial charge < -0.3 is 15.4 Å². The molecule has 1 atom stereocenters. The van der Waals surface area contributed by atoms with Gasteiger partial charge in [-0.2, -0.15) is 0 Å². The average Bonchev–Trinajstić information content (AvgIpc) is 2.94. The summed E-state index contributed by atoms with van der Waals surface area (Å²) in [4.78, 5) is 9.24. The van der Waals surface area contributed by atoms with E-state index in [1.807, 2.05) is 0 Å². The summed E-state index contributed by atoms with van der Waals surface area (Å²) in [7, 11) is 1.75. The van der Waals surface area contributed by atoms with Crippen molar-refractivity contribution in [3.8, 4) is 0 Å². The first-order valence-electron chi connectivity index (χ1n) is 8.38. The third-order valence-electron chi connectivity index (χ3n) is 3.59. The van der Waals surface area contributed by atoms with Crippen LogP contribution in [0.2, 0.25) is 0 Å². The molecule has 5 nitrogen and oxygen atoms in total. The van der Waals surface area contributed by atoms with Crippen LogP contribution in [-0.2, 0) is 17.6 Å². The molecule has 2 N–H and O–H groups in total. The van der Waals surface area contributed by atoms with E-state index in [0.717, 1.165) is 37.6 Å². The number of aromatic nitrogens is 1. The van der Waals surface area contributed by atoms with Crippen LogP contribution < -0.4 is 10.6 Å². The van der Waals surface area contributed by atoms with Crippen molar-refractivity contribution in [2.45, 2.75) is 53.6 Å². The van der Waals surface area contributed by atoms with E-state index in [1.165, 1.54) is 5.01 Å². The Morgan fingerprint density at radius 3 is 2.61 bits per heavy atom. The van der Waals surface area contributed by atoms with E-state index in [-0.39, 0.29) is 11.5 Å². The molecule has 0 aliphatic carbocycles. The maximum atomic E-state index is 5.56. The predicted molar refractivity (Wildman–Crippen MR) is 99.4 cm³/mol. The van der Waals surface area contributed by atoms with Gasteiger partial charge in [0.05, 0.1) is 23.4 Å². The molecular weight excluding hydrogens is 308 g/mol. The fourth-order valence-corrected chi connectivity index (χ4v) is 2.93. The van der Waals surface area contributed by atoms with Crippen LogP contribution in [0.15, 0.2) is 10.4 Å². The molecule has 132 valence electrons. The molecule has 0 aliphatic heterocycles. The minimum atomic E-state index is 0.0761. The van der Waals surface area contributed by atoms with E-state index in [9.17, 15) is 0 Å². The maximum Gasteiger partial charge on any atom is 0.191 e. The third kappa shape index (κ3) is 7.31. The van der Waals surface area contributed by atoms with Gasteiger partial charge in [0.1, 0.15) is 0 Å². The highest BCUT2D eigenvalue weighted by molar-refractivity contribution is 7.09. The van der Waals surface area contributed by atoms with Crippen molar-refractivity contribution in [1.29, 1.82) is 0 Å². The second kappa shape index (κ2) is 9.88. The fourth-order valence-electron chi connectivity index (χ4n) is 2.15. The molecule has 0 radical (unpaired) electrons. The van der Waals surface area contributed by atoms with Crippen molar-refractivity contribution in [1.82, 2.24) is 15.6 Å². The van der Waals surface area contributed by atoms with Crippen LogP contribution in [0.25, 0.3) is 0 Å². The number of guanidine groups is 1.